The van der Waals surface area contributed by atoms with E-state index in [1.807, 2.05) is 0 Å². The molecule has 4 unspecified atom stereocenters. The molecule has 2 heterocycles. The van der Waals surface area contributed by atoms with Gasteiger partial charge in [0.25, 0.3) is 0 Å². The zero-order valence-corrected chi connectivity index (χ0v) is 29.5. The van der Waals surface area contributed by atoms with Crippen LogP contribution in [0.25, 0.3) is 0 Å². The number of esters is 2. The Labute approximate surface area is 268 Å². The topological polar surface area (TPSA) is 77.1 Å². The first kappa shape index (κ1) is 36.5. The molecule has 44 heavy (non-hydrogen) atoms. The second kappa shape index (κ2) is 15.6. The summed E-state index contributed by atoms with van der Waals surface area (Å²) in [4.78, 5) is 32.7. The van der Waals surface area contributed by atoms with Crippen LogP contribution in [0.15, 0.2) is 24.3 Å². The van der Waals surface area contributed by atoms with Crippen molar-refractivity contribution in [2.45, 2.75) is 168 Å². The molecular weight excluding hydrogens is 552 g/mol. The van der Waals surface area contributed by atoms with Crippen molar-refractivity contribution in [1.29, 1.82) is 0 Å². The van der Waals surface area contributed by atoms with Crippen molar-refractivity contribution in [3.63, 3.8) is 0 Å². The van der Waals surface area contributed by atoms with Gasteiger partial charge in [0.05, 0.1) is 17.7 Å². The minimum Gasteiger partial charge on any atom is -0.459 e. The van der Waals surface area contributed by atoms with Gasteiger partial charge in [-0.25, -0.2) is 9.59 Å². The van der Waals surface area contributed by atoms with Crippen molar-refractivity contribution >= 4 is 11.9 Å². The highest BCUT2D eigenvalue weighted by Crippen LogP contribution is 2.38. The number of nitrogens with one attached hydrogen (secondary N) is 1. The maximum atomic E-state index is 13.2. The van der Waals surface area contributed by atoms with Gasteiger partial charge in [0.2, 0.25) is 0 Å². The Bertz CT molecular complexity index is 1070. The van der Waals surface area contributed by atoms with Crippen molar-refractivity contribution in [2.24, 2.45) is 11.8 Å². The number of unbranched alkanes of at least 4 members (excludes halogenated alkanes) is 5. The Kier molecular flexibility index (Phi) is 12.9. The van der Waals surface area contributed by atoms with Crippen molar-refractivity contribution in [1.82, 2.24) is 10.4 Å². The lowest BCUT2D eigenvalue weighted by Gasteiger charge is -2.50. The first-order valence-corrected chi connectivity index (χ1v) is 17.3. The Balaban J connectivity index is 1.56. The van der Waals surface area contributed by atoms with E-state index in [-0.39, 0.29) is 46.8 Å². The number of hydrogen-bond donors (Lipinski definition) is 1. The lowest BCUT2D eigenvalue weighted by molar-refractivity contribution is -0.273. The summed E-state index contributed by atoms with van der Waals surface area (Å²) in [5.41, 5.74) is 0.385. The van der Waals surface area contributed by atoms with Gasteiger partial charge in [-0.2, -0.15) is 5.06 Å². The van der Waals surface area contributed by atoms with Crippen LogP contribution < -0.4 is 5.32 Å². The highest BCUT2D eigenvalue weighted by Gasteiger charge is 2.45. The fourth-order valence-electron chi connectivity index (χ4n) is 7.13. The number of hydrogen-bond acceptors (Lipinski definition) is 7. The Morgan fingerprint density at radius 2 is 1.36 bits per heavy atom. The normalized spacial score (nSPS) is 27.0. The van der Waals surface area contributed by atoms with E-state index in [2.05, 4.69) is 79.6 Å². The van der Waals surface area contributed by atoms with Gasteiger partial charge < -0.3 is 14.8 Å². The van der Waals surface area contributed by atoms with Gasteiger partial charge in [-0.05, 0) is 77.1 Å². The lowest BCUT2D eigenvalue weighted by Crippen LogP contribution is -2.63. The summed E-state index contributed by atoms with van der Waals surface area (Å²) in [5, 5.41) is 5.93. The molecule has 2 saturated heterocycles. The van der Waals surface area contributed by atoms with E-state index in [1.54, 1.807) is 24.3 Å². The Morgan fingerprint density at radius 1 is 0.818 bits per heavy atom. The molecule has 0 bridgehead atoms. The summed E-state index contributed by atoms with van der Waals surface area (Å²) >= 11 is 0. The number of nitrogens with zero attached hydrogens (tertiary/aromatic N) is 1. The predicted molar refractivity (Wildman–Crippen MR) is 178 cm³/mol. The average Bonchev–Trinajstić information content (AvgIpc) is 2.91. The van der Waals surface area contributed by atoms with Crippen molar-refractivity contribution in [3.8, 4) is 0 Å². The number of rotatable bonds is 14. The fraction of sp³-hybridized carbons (Fsp3) is 0.784. The maximum Gasteiger partial charge on any atom is 0.338 e. The van der Waals surface area contributed by atoms with E-state index in [9.17, 15) is 9.59 Å². The zero-order valence-electron chi connectivity index (χ0n) is 29.5. The molecule has 7 nitrogen and oxygen atoms in total. The molecule has 2 aliphatic rings. The van der Waals surface area contributed by atoms with Crippen molar-refractivity contribution in [2.75, 3.05) is 6.61 Å². The fourth-order valence-corrected chi connectivity index (χ4v) is 7.13. The van der Waals surface area contributed by atoms with Gasteiger partial charge in [-0.1, -0.05) is 66.7 Å². The van der Waals surface area contributed by atoms with E-state index in [0.29, 0.717) is 29.4 Å². The molecule has 0 aliphatic carbocycles. The summed E-state index contributed by atoms with van der Waals surface area (Å²) < 4.78 is 12.1. The molecule has 2 fully saturated rings. The van der Waals surface area contributed by atoms with Crippen LogP contribution in [-0.2, 0) is 14.3 Å². The molecule has 0 aromatic heterocycles. The number of carbonyl (C=O) groups is 2. The van der Waals surface area contributed by atoms with Gasteiger partial charge in [0, 0.05) is 48.3 Å². The van der Waals surface area contributed by atoms with Crippen LogP contribution >= 0.6 is 0 Å². The molecule has 4 atom stereocenters. The summed E-state index contributed by atoms with van der Waals surface area (Å²) in [6.45, 7) is 22.7. The summed E-state index contributed by atoms with van der Waals surface area (Å²) in [6, 6.07) is 6.85. The van der Waals surface area contributed by atoms with Crippen LogP contribution in [0.4, 0.5) is 0 Å². The summed E-state index contributed by atoms with van der Waals surface area (Å²) in [7, 11) is 0. The minimum atomic E-state index is -0.359. The predicted octanol–water partition coefficient (Wildman–Crippen LogP) is 8.51. The van der Waals surface area contributed by atoms with Gasteiger partial charge >= 0.3 is 11.9 Å². The number of piperidine rings is 2. The van der Waals surface area contributed by atoms with Crippen LogP contribution in [-0.4, -0.2) is 58.5 Å². The Morgan fingerprint density at radius 3 is 1.91 bits per heavy atom. The largest absolute Gasteiger partial charge is 0.459 e. The van der Waals surface area contributed by atoms with Crippen LogP contribution in [0.2, 0.25) is 0 Å². The van der Waals surface area contributed by atoms with Crippen LogP contribution in [0, 0.1) is 11.8 Å². The van der Waals surface area contributed by atoms with E-state index in [1.165, 1.54) is 32.1 Å². The van der Waals surface area contributed by atoms with E-state index >= 15 is 0 Å². The number of ether oxygens (including phenoxy) is 2. The molecule has 1 aromatic carbocycles. The second-order valence-corrected chi connectivity index (χ2v) is 15.6. The minimum absolute atomic E-state index is 0.111. The third kappa shape index (κ3) is 10.0. The molecule has 1 N–H and O–H groups in total. The number of benzene rings is 1. The van der Waals surface area contributed by atoms with Gasteiger partial charge in [0.1, 0.15) is 12.2 Å². The summed E-state index contributed by atoms with van der Waals surface area (Å²) in [6.07, 6.45) is 9.97. The molecule has 0 amide bonds. The lowest BCUT2D eigenvalue weighted by atomic mass is 9.74. The van der Waals surface area contributed by atoms with Crippen molar-refractivity contribution in [3.05, 3.63) is 35.4 Å². The smallest absolute Gasteiger partial charge is 0.338 e. The van der Waals surface area contributed by atoms with E-state index < -0.39 is 0 Å². The van der Waals surface area contributed by atoms with E-state index in [4.69, 9.17) is 14.3 Å². The second-order valence-electron chi connectivity index (χ2n) is 15.6. The summed E-state index contributed by atoms with van der Waals surface area (Å²) in [5.74, 6) is 0.0467. The zero-order chi connectivity index (χ0) is 32.7. The SMILES string of the molecule is CCCCCCCCON1C(C(C)C)CC(OC(=O)c2ccc(C(=O)OC3CC(C)(C)NC(C)(C(C)C)C3)cc2)CC1(C)C. The Hall–Kier alpha value is -1.96. The molecule has 1 aromatic rings. The molecule has 2 aliphatic heterocycles. The molecule has 7 heteroatoms. The maximum absolute atomic E-state index is 13.2. The van der Waals surface area contributed by atoms with Crippen molar-refractivity contribution < 1.29 is 23.9 Å². The molecule has 250 valence electrons. The molecule has 0 saturated carbocycles. The quantitative estimate of drug-likeness (QED) is 0.166. The highest BCUT2D eigenvalue weighted by atomic mass is 16.7. The number of carbonyl (C=O) groups excluding carboxylic acids is 2. The average molecular weight is 615 g/mol. The highest BCUT2D eigenvalue weighted by molar-refractivity contribution is 5.93. The molecular formula is C37H62N2O5. The molecule has 0 radical (unpaired) electrons. The molecule has 0 spiro atoms. The third-order valence-electron chi connectivity index (χ3n) is 9.82. The van der Waals surface area contributed by atoms with Crippen LogP contribution in [0.3, 0.4) is 0 Å². The van der Waals surface area contributed by atoms with Crippen LogP contribution in [0.5, 0.6) is 0 Å². The van der Waals surface area contributed by atoms with E-state index in [0.717, 1.165) is 32.3 Å². The van der Waals surface area contributed by atoms with Gasteiger partial charge in [0.15, 0.2) is 0 Å². The third-order valence-corrected chi connectivity index (χ3v) is 9.82. The molecule has 3 rings (SSSR count). The first-order valence-electron chi connectivity index (χ1n) is 17.3. The van der Waals surface area contributed by atoms with Gasteiger partial charge in [-0.15, -0.1) is 0 Å². The monoisotopic (exact) mass is 614 g/mol. The number of hydroxylamine groups is 2. The first-order chi connectivity index (χ1) is 20.6. The van der Waals surface area contributed by atoms with Crippen LogP contribution in [0.1, 0.15) is 154 Å². The van der Waals surface area contributed by atoms with Gasteiger partial charge in [-0.3, -0.25) is 4.84 Å². The standard InChI is InChI=1S/C37H62N2O5/c1-11-12-13-14-15-16-21-42-39-32(26(2)3)22-30(24-36(39,8)9)43-33(40)28-17-19-29(20-18-28)34(41)44-31-23-35(6,7)38-37(10,25-31)27(4)5/h17-20,26-27,30-32,38H,11-16,21-25H2,1-10H3.